The zero-order valence-corrected chi connectivity index (χ0v) is 13.2. The van der Waals surface area contributed by atoms with Gasteiger partial charge in [0.2, 0.25) is 10.0 Å². The van der Waals surface area contributed by atoms with Crippen molar-refractivity contribution in [2.45, 2.75) is 37.1 Å². The van der Waals surface area contributed by atoms with Crippen LogP contribution in [-0.4, -0.2) is 8.42 Å². The Bertz CT molecular complexity index is 802. The molecule has 116 valence electrons. The fourth-order valence-electron chi connectivity index (χ4n) is 2.92. The van der Waals surface area contributed by atoms with E-state index in [2.05, 4.69) is 4.72 Å². The van der Waals surface area contributed by atoms with E-state index in [0.717, 1.165) is 24.8 Å². The average molecular weight is 319 g/mol. The van der Waals surface area contributed by atoms with Gasteiger partial charge in [-0.05, 0) is 61.1 Å². The van der Waals surface area contributed by atoms with Gasteiger partial charge in [-0.2, -0.15) is 0 Å². The first-order valence-electron chi connectivity index (χ1n) is 7.34. The van der Waals surface area contributed by atoms with Crippen LogP contribution in [0.3, 0.4) is 0 Å². The third-order valence-corrected chi connectivity index (χ3v) is 5.58. The van der Waals surface area contributed by atoms with E-state index in [-0.39, 0.29) is 10.9 Å². The molecule has 0 saturated heterocycles. The Balaban J connectivity index is 1.91. The smallest absolute Gasteiger partial charge is 0.207 e. The highest BCUT2D eigenvalue weighted by Crippen LogP contribution is 2.30. The number of fused-ring (bicyclic) bond motifs is 1. The number of halogens is 1. The molecule has 0 saturated carbocycles. The summed E-state index contributed by atoms with van der Waals surface area (Å²) in [6.45, 7) is 1.56. The van der Waals surface area contributed by atoms with Crippen molar-refractivity contribution in [1.82, 2.24) is 4.72 Å². The third kappa shape index (κ3) is 2.91. The molecule has 0 amide bonds. The summed E-state index contributed by atoms with van der Waals surface area (Å²) in [5.41, 5.74) is 2.56. The summed E-state index contributed by atoms with van der Waals surface area (Å²) < 4.78 is 41.2. The van der Waals surface area contributed by atoms with Crippen molar-refractivity contribution in [3.05, 3.63) is 65.0 Å². The lowest BCUT2D eigenvalue weighted by Gasteiger charge is -2.26. The van der Waals surface area contributed by atoms with Crippen molar-refractivity contribution in [2.24, 2.45) is 0 Å². The van der Waals surface area contributed by atoms with Crippen LogP contribution in [0.25, 0.3) is 0 Å². The predicted molar refractivity (Wildman–Crippen MR) is 83.6 cm³/mol. The van der Waals surface area contributed by atoms with Crippen LogP contribution >= 0.6 is 0 Å². The third-order valence-electron chi connectivity index (χ3n) is 4.11. The molecule has 22 heavy (non-hydrogen) atoms. The summed E-state index contributed by atoms with van der Waals surface area (Å²) in [6, 6.07) is 11.5. The maximum absolute atomic E-state index is 13.3. The number of aryl methyl sites for hydroxylation is 2. The summed E-state index contributed by atoms with van der Waals surface area (Å²) in [6.07, 6.45) is 2.70. The SMILES string of the molecule is Cc1cc(S(=O)(=O)N[C@H]2CCCc3ccccc32)ccc1F. The molecule has 0 unspecified atom stereocenters. The molecule has 1 aliphatic rings. The highest BCUT2D eigenvalue weighted by Gasteiger charge is 2.25. The fourth-order valence-corrected chi connectivity index (χ4v) is 4.25. The van der Waals surface area contributed by atoms with E-state index in [4.69, 9.17) is 0 Å². The molecule has 0 spiro atoms. The van der Waals surface area contributed by atoms with E-state index >= 15 is 0 Å². The molecular weight excluding hydrogens is 301 g/mol. The van der Waals surface area contributed by atoms with Gasteiger partial charge in [-0.1, -0.05) is 24.3 Å². The van der Waals surface area contributed by atoms with E-state index in [1.807, 2.05) is 24.3 Å². The first-order valence-corrected chi connectivity index (χ1v) is 8.82. The molecule has 0 bridgehead atoms. The lowest BCUT2D eigenvalue weighted by atomic mass is 9.88. The highest BCUT2D eigenvalue weighted by molar-refractivity contribution is 7.89. The summed E-state index contributed by atoms with van der Waals surface area (Å²) in [5.74, 6) is -0.401. The summed E-state index contributed by atoms with van der Waals surface area (Å²) in [7, 11) is -3.66. The molecule has 3 rings (SSSR count). The zero-order chi connectivity index (χ0) is 15.7. The van der Waals surface area contributed by atoms with Crippen LogP contribution in [0.1, 0.15) is 35.6 Å². The van der Waals surface area contributed by atoms with Crippen LogP contribution in [0.4, 0.5) is 4.39 Å². The molecule has 0 aliphatic heterocycles. The molecular formula is C17H18FNO2S. The minimum Gasteiger partial charge on any atom is -0.207 e. The minimum absolute atomic E-state index is 0.106. The van der Waals surface area contributed by atoms with Crippen LogP contribution in [0.15, 0.2) is 47.4 Å². The molecule has 1 aliphatic carbocycles. The predicted octanol–water partition coefficient (Wildman–Crippen LogP) is 3.49. The van der Waals surface area contributed by atoms with E-state index in [1.165, 1.54) is 23.8 Å². The van der Waals surface area contributed by atoms with Crippen molar-refractivity contribution in [3.63, 3.8) is 0 Å². The van der Waals surface area contributed by atoms with Crippen molar-refractivity contribution >= 4 is 10.0 Å². The number of hydrogen-bond donors (Lipinski definition) is 1. The normalized spacial score (nSPS) is 18.0. The summed E-state index contributed by atoms with van der Waals surface area (Å²) >= 11 is 0. The standard InChI is InChI=1S/C17H18FNO2S/c1-12-11-14(9-10-16(12)18)22(20,21)19-17-8-4-6-13-5-2-3-7-15(13)17/h2-3,5,7,9-11,17,19H,4,6,8H2,1H3/t17-/m0/s1. The summed E-state index contributed by atoms with van der Waals surface area (Å²) in [5, 5.41) is 0. The van der Waals surface area contributed by atoms with E-state index in [0.29, 0.717) is 5.56 Å². The Morgan fingerprint density at radius 2 is 1.95 bits per heavy atom. The van der Waals surface area contributed by atoms with Gasteiger partial charge in [0.1, 0.15) is 5.82 Å². The maximum Gasteiger partial charge on any atom is 0.241 e. The molecule has 0 heterocycles. The molecule has 0 fully saturated rings. The van der Waals surface area contributed by atoms with Gasteiger partial charge in [-0.15, -0.1) is 0 Å². The molecule has 2 aromatic carbocycles. The highest BCUT2D eigenvalue weighted by atomic mass is 32.2. The Morgan fingerprint density at radius 3 is 2.73 bits per heavy atom. The Labute approximate surface area is 130 Å². The van der Waals surface area contributed by atoms with Gasteiger partial charge in [0.25, 0.3) is 0 Å². The van der Waals surface area contributed by atoms with Crippen molar-refractivity contribution in [3.8, 4) is 0 Å². The second kappa shape index (κ2) is 5.82. The van der Waals surface area contributed by atoms with Gasteiger partial charge in [-0.25, -0.2) is 17.5 Å². The molecule has 3 nitrogen and oxygen atoms in total. The van der Waals surface area contributed by atoms with Gasteiger partial charge in [-0.3, -0.25) is 0 Å². The number of nitrogens with one attached hydrogen (secondary N) is 1. The monoisotopic (exact) mass is 319 g/mol. The fraction of sp³-hybridized carbons (Fsp3) is 0.294. The Hall–Kier alpha value is -1.72. The topological polar surface area (TPSA) is 46.2 Å². The lowest BCUT2D eigenvalue weighted by molar-refractivity contribution is 0.507. The van der Waals surface area contributed by atoms with Crippen LogP contribution in [0.2, 0.25) is 0 Å². The van der Waals surface area contributed by atoms with Crippen molar-refractivity contribution in [2.75, 3.05) is 0 Å². The molecule has 2 aromatic rings. The van der Waals surface area contributed by atoms with Crippen LogP contribution in [0.5, 0.6) is 0 Å². The molecule has 1 N–H and O–H groups in total. The van der Waals surface area contributed by atoms with Gasteiger partial charge >= 0.3 is 0 Å². The largest absolute Gasteiger partial charge is 0.241 e. The Kier molecular flexibility index (Phi) is 4.02. The number of sulfonamides is 1. The number of benzene rings is 2. The van der Waals surface area contributed by atoms with Crippen LogP contribution < -0.4 is 4.72 Å². The molecule has 0 radical (unpaired) electrons. The second-order valence-electron chi connectivity index (χ2n) is 5.68. The quantitative estimate of drug-likeness (QED) is 0.941. The zero-order valence-electron chi connectivity index (χ0n) is 12.3. The second-order valence-corrected chi connectivity index (χ2v) is 7.39. The van der Waals surface area contributed by atoms with Gasteiger partial charge in [0, 0.05) is 6.04 Å². The lowest BCUT2D eigenvalue weighted by Crippen LogP contribution is -2.31. The van der Waals surface area contributed by atoms with E-state index < -0.39 is 15.8 Å². The number of rotatable bonds is 3. The van der Waals surface area contributed by atoms with Crippen LogP contribution in [-0.2, 0) is 16.4 Å². The van der Waals surface area contributed by atoms with Crippen molar-refractivity contribution < 1.29 is 12.8 Å². The maximum atomic E-state index is 13.3. The van der Waals surface area contributed by atoms with Gasteiger partial charge < -0.3 is 0 Å². The molecule has 0 aromatic heterocycles. The minimum atomic E-state index is -3.66. The van der Waals surface area contributed by atoms with Crippen LogP contribution in [0, 0.1) is 12.7 Å². The average Bonchev–Trinajstić information content (AvgIpc) is 2.50. The Morgan fingerprint density at radius 1 is 1.18 bits per heavy atom. The van der Waals surface area contributed by atoms with E-state index in [9.17, 15) is 12.8 Å². The molecule has 1 atom stereocenters. The van der Waals surface area contributed by atoms with Gasteiger partial charge in [0.05, 0.1) is 4.90 Å². The number of hydrogen-bond acceptors (Lipinski definition) is 2. The van der Waals surface area contributed by atoms with E-state index in [1.54, 1.807) is 6.92 Å². The first-order chi connectivity index (χ1) is 10.5. The van der Waals surface area contributed by atoms with Crippen molar-refractivity contribution in [1.29, 1.82) is 0 Å². The molecule has 5 heteroatoms. The first kappa shape index (κ1) is 15.2. The summed E-state index contributed by atoms with van der Waals surface area (Å²) in [4.78, 5) is 0.106. The van der Waals surface area contributed by atoms with Gasteiger partial charge in [0.15, 0.2) is 0 Å².